The van der Waals surface area contributed by atoms with Gasteiger partial charge in [0.2, 0.25) is 5.91 Å². The van der Waals surface area contributed by atoms with Crippen LogP contribution in [0.4, 0.5) is 0 Å². The molecule has 2 aromatic rings. The minimum Gasteiger partial charge on any atom is -0.350 e. The molecular formula is C13H16N4OS. The van der Waals surface area contributed by atoms with Gasteiger partial charge < -0.3 is 11.1 Å². The van der Waals surface area contributed by atoms with Crippen molar-refractivity contribution in [3.8, 4) is 0 Å². The first-order chi connectivity index (χ1) is 9.15. The fourth-order valence-corrected chi connectivity index (χ4v) is 2.31. The average molecular weight is 276 g/mol. The Labute approximate surface area is 115 Å². The van der Waals surface area contributed by atoms with E-state index in [1.54, 1.807) is 6.20 Å². The number of nitrogens with one attached hydrogen (secondary N) is 1. The maximum atomic E-state index is 11.8. The van der Waals surface area contributed by atoms with Crippen molar-refractivity contribution in [1.82, 2.24) is 15.3 Å². The Morgan fingerprint density at radius 1 is 1.47 bits per heavy atom. The van der Waals surface area contributed by atoms with Crippen LogP contribution in [0, 0.1) is 0 Å². The van der Waals surface area contributed by atoms with Gasteiger partial charge in [-0.25, -0.2) is 4.98 Å². The number of carbonyl (C=O) groups is 1. The fourth-order valence-electron chi connectivity index (χ4n) is 1.53. The third kappa shape index (κ3) is 4.11. The smallest absolute Gasteiger partial charge is 0.226 e. The van der Waals surface area contributed by atoms with Crippen LogP contribution in [0.3, 0.4) is 0 Å². The van der Waals surface area contributed by atoms with Gasteiger partial charge in [0.15, 0.2) is 0 Å². The quantitative estimate of drug-likeness (QED) is 0.865. The normalized spacial score (nSPS) is 12.1. The predicted octanol–water partition coefficient (Wildman–Crippen LogP) is 1.42. The number of hydrogen-bond donors (Lipinski definition) is 2. The van der Waals surface area contributed by atoms with E-state index in [2.05, 4.69) is 15.3 Å². The molecule has 1 unspecified atom stereocenters. The van der Waals surface area contributed by atoms with Crippen molar-refractivity contribution in [2.75, 3.05) is 0 Å². The van der Waals surface area contributed by atoms with Crippen molar-refractivity contribution in [3.63, 3.8) is 0 Å². The van der Waals surface area contributed by atoms with E-state index in [4.69, 9.17) is 5.73 Å². The molecule has 1 amide bonds. The number of nitrogens with zero attached hydrogens (tertiary/aromatic N) is 2. The molecule has 2 aromatic heterocycles. The van der Waals surface area contributed by atoms with Gasteiger partial charge >= 0.3 is 0 Å². The molecule has 3 N–H and O–H groups in total. The second kappa shape index (κ2) is 6.40. The minimum absolute atomic E-state index is 0.0628. The molecule has 0 saturated carbocycles. The van der Waals surface area contributed by atoms with E-state index < -0.39 is 0 Å². The van der Waals surface area contributed by atoms with E-state index in [-0.39, 0.29) is 18.4 Å². The molecule has 0 bridgehead atoms. The number of carbonyl (C=O) groups excluding carboxylic acids is 1. The average Bonchev–Trinajstić information content (AvgIpc) is 2.86. The lowest BCUT2D eigenvalue weighted by Crippen LogP contribution is -2.25. The highest BCUT2D eigenvalue weighted by Crippen LogP contribution is 2.15. The third-order valence-electron chi connectivity index (χ3n) is 2.49. The summed E-state index contributed by atoms with van der Waals surface area (Å²) in [5.74, 6) is -0.0628. The monoisotopic (exact) mass is 276 g/mol. The topological polar surface area (TPSA) is 80.9 Å². The summed E-state index contributed by atoms with van der Waals surface area (Å²) in [4.78, 5) is 20.2. The first-order valence-electron chi connectivity index (χ1n) is 6.01. The highest BCUT2D eigenvalue weighted by Gasteiger charge is 2.09. The summed E-state index contributed by atoms with van der Waals surface area (Å²) in [5.41, 5.74) is 7.33. The number of hydrogen-bond acceptors (Lipinski definition) is 5. The number of aromatic nitrogens is 2. The number of amides is 1. The van der Waals surface area contributed by atoms with Crippen molar-refractivity contribution in [2.45, 2.75) is 25.9 Å². The lowest BCUT2D eigenvalue weighted by molar-refractivity contribution is -0.120. The van der Waals surface area contributed by atoms with Crippen LogP contribution >= 0.6 is 11.3 Å². The summed E-state index contributed by atoms with van der Waals surface area (Å²) in [7, 11) is 0. The Morgan fingerprint density at radius 2 is 2.32 bits per heavy atom. The van der Waals surface area contributed by atoms with Crippen LogP contribution in [0.25, 0.3) is 0 Å². The fraction of sp³-hybridized carbons (Fsp3) is 0.308. The van der Waals surface area contributed by atoms with Crippen LogP contribution in [-0.4, -0.2) is 15.9 Å². The molecule has 0 radical (unpaired) electrons. The zero-order chi connectivity index (χ0) is 13.7. The van der Waals surface area contributed by atoms with Gasteiger partial charge in [0.25, 0.3) is 0 Å². The Balaban J connectivity index is 1.84. The molecular weight excluding hydrogens is 260 g/mol. The highest BCUT2D eigenvalue weighted by atomic mass is 32.1. The second-order valence-electron chi connectivity index (χ2n) is 4.24. The van der Waals surface area contributed by atoms with Gasteiger partial charge in [0.1, 0.15) is 5.01 Å². The first kappa shape index (κ1) is 13.6. The Kier molecular flexibility index (Phi) is 4.59. The lowest BCUT2D eigenvalue weighted by Gasteiger charge is -2.03. The molecule has 100 valence electrons. The first-order valence-corrected chi connectivity index (χ1v) is 6.89. The van der Waals surface area contributed by atoms with Gasteiger partial charge in [-0.2, -0.15) is 0 Å². The summed E-state index contributed by atoms with van der Waals surface area (Å²) in [6.45, 7) is 2.31. The van der Waals surface area contributed by atoms with Crippen molar-refractivity contribution < 1.29 is 4.79 Å². The van der Waals surface area contributed by atoms with Crippen LogP contribution in [0.1, 0.15) is 29.4 Å². The summed E-state index contributed by atoms with van der Waals surface area (Å²) in [6, 6.07) is 5.52. The van der Waals surface area contributed by atoms with Crippen LogP contribution in [0.15, 0.2) is 29.8 Å². The van der Waals surface area contributed by atoms with Crippen molar-refractivity contribution in [1.29, 1.82) is 0 Å². The van der Waals surface area contributed by atoms with Gasteiger partial charge in [-0.05, 0) is 19.1 Å². The summed E-state index contributed by atoms with van der Waals surface area (Å²) < 4.78 is 0. The summed E-state index contributed by atoms with van der Waals surface area (Å²) in [6.07, 6.45) is 1.98. The van der Waals surface area contributed by atoms with Gasteiger partial charge in [0, 0.05) is 11.6 Å². The molecule has 19 heavy (non-hydrogen) atoms. The number of nitrogens with two attached hydrogens (primary N) is 1. The lowest BCUT2D eigenvalue weighted by atomic mass is 10.3. The molecule has 0 saturated heterocycles. The van der Waals surface area contributed by atoms with Crippen LogP contribution in [-0.2, 0) is 17.8 Å². The number of pyridine rings is 1. The Hall–Kier alpha value is -1.79. The SMILES string of the molecule is CC(N)c1nc(CC(=O)NCc2ccccn2)cs1. The zero-order valence-electron chi connectivity index (χ0n) is 10.7. The number of rotatable bonds is 5. The van der Waals surface area contributed by atoms with E-state index >= 15 is 0 Å². The Bertz CT molecular complexity index is 539. The van der Waals surface area contributed by atoms with Gasteiger partial charge in [-0.1, -0.05) is 6.07 Å². The maximum absolute atomic E-state index is 11.8. The van der Waals surface area contributed by atoms with E-state index in [0.29, 0.717) is 6.54 Å². The molecule has 1 atom stereocenters. The molecule has 0 spiro atoms. The van der Waals surface area contributed by atoms with Gasteiger partial charge in [0.05, 0.1) is 30.4 Å². The minimum atomic E-state index is -0.0877. The molecule has 0 aromatic carbocycles. The molecule has 0 aliphatic carbocycles. The zero-order valence-corrected chi connectivity index (χ0v) is 11.5. The van der Waals surface area contributed by atoms with Crippen molar-refractivity contribution in [2.24, 2.45) is 5.73 Å². The molecule has 0 fully saturated rings. The van der Waals surface area contributed by atoms with Crippen LogP contribution < -0.4 is 11.1 Å². The molecule has 2 heterocycles. The molecule has 0 aliphatic rings. The molecule has 0 aliphatic heterocycles. The van der Waals surface area contributed by atoms with Gasteiger partial charge in [-0.3, -0.25) is 9.78 Å². The molecule has 2 rings (SSSR count). The van der Waals surface area contributed by atoms with Crippen LogP contribution in [0.2, 0.25) is 0 Å². The summed E-state index contributed by atoms with van der Waals surface area (Å²) >= 11 is 1.49. The van der Waals surface area contributed by atoms with Crippen LogP contribution in [0.5, 0.6) is 0 Å². The second-order valence-corrected chi connectivity index (χ2v) is 5.13. The third-order valence-corrected chi connectivity index (χ3v) is 3.59. The largest absolute Gasteiger partial charge is 0.350 e. The van der Waals surface area contributed by atoms with E-state index in [1.807, 2.05) is 30.5 Å². The molecule has 6 heteroatoms. The van der Waals surface area contributed by atoms with E-state index in [0.717, 1.165) is 16.4 Å². The van der Waals surface area contributed by atoms with Crippen molar-refractivity contribution >= 4 is 17.2 Å². The Morgan fingerprint density at radius 3 is 2.95 bits per heavy atom. The van der Waals surface area contributed by atoms with E-state index in [1.165, 1.54) is 11.3 Å². The maximum Gasteiger partial charge on any atom is 0.226 e. The van der Waals surface area contributed by atoms with E-state index in [9.17, 15) is 4.79 Å². The standard InChI is InChI=1S/C13H16N4OS/c1-9(14)13-17-11(8-19-13)6-12(18)16-7-10-4-2-3-5-15-10/h2-5,8-9H,6-7,14H2,1H3,(H,16,18). The van der Waals surface area contributed by atoms with Gasteiger partial charge in [-0.15, -0.1) is 11.3 Å². The van der Waals surface area contributed by atoms with Crippen molar-refractivity contribution in [3.05, 3.63) is 46.2 Å². The molecule has 5 nitrogen and oxygen atoms in total. The number of thiazole rings is 1. The summed E-state index contributed by atoms with van der Waals surface area (Å²) in [5, 5.41) is 5.55. The predicted molar refractivity (Wildman–Crippen MR) is 74.5 cm³/mol. The highest BCUT2D eigenvalue weighted by molar-refractivity contribution is 7.09.